The first-order valence-electron chi connectivity index (χ1n) is 15.5. The molecule has 0 spiro atoms. The van der Waals surface area contributed by atoms with Gasteiger partial charge in [-0.2, -0.15) is 0 Å². The number of aliphatic hydroxyl groups excluding tert-OH is 1. The summed E-state index contributed by atoms with van der Waals surface area (Å²) in [5, 5.41) is 15.4. The molecule has 0 aliphatic carbocycles. The summed E-state index contributed by atoms with van der Waals surface area (Å²) in [6.45, 7) is 2.39. The van der Waals surface area contributed by atoms with E-state index in [0.29, 0.717) is 55.3 Å². The zero-order chi connectivity index (χ0) is 33.5. The normalized spacial score (nSPS) is 24.5. The van der Waals surface area contributed by atoms with E-state index in [1.807, 2.05) is 22.6 Å². The van der Waals surface area contributed by atoms with Gasteiger partial charge in [0, 0.05) is 18.0 Å². The molecule has 15 heteroatoms. The Balaban J connectivity index is 1.68. The van der Waals surface area contributed by atoms with Gasteiger partial charge in [-0.3, -0.25) is 4.90 Å². The maximum absolute atomic E-state index is 15.9. The highest BCUT2D eigenvalue weighted by Crippen LogP contribution is 2.45. The van der Waals surface area contributed by atoms with E-state index in [2.05, 4.69) is 20.6 Å². The monoisotopic (exact) mass is 785 g/mol. The number of piperidine rings is 1. The number of fused-ring (bicyclic) bond motifs is 9. The van der Waals surface area contributed by atoms with Crippen LogP contribution in [-0.4, -0.2) is 72.2 Å². The highest BCUT2D eigenvalue weighted by Gasteiger charge is 2.46. The summed E-state index contributed by atoms with van der Waals surface area (Å²) in [5.74, 6) is -5.64. The number of nitrogens with one attached hydrogen (secondary N) is 2. The van der Waals surface area contributed by atoms with Crippen molar-refractivity contribution in [3.63, 3.8) is 0 Å². The third-order valence-electron chi connectivity index (χ3n) is 8.56. The predicted molar refractivity (Wildman–Crippen MR) is 178 cm³/mol. The minimum Gasteiger partial charge on any atom is -0.380 e. The highest BCUT2D eigenvalue weighted by atomic mass is 127. The predicted octanol–water partition coefficient (Wildman–Crippen LogP) is 7.05. The molecule has 2 atom stereocenters. The van der Waals surface area contributed by atoms with Gasteiger partial charge in [0.1, 0.15) is 33.3 Å². The third-order valence-corrected chi connectivity index (χ3v) is 10.8. The molecule has 3 aliphatic rings. The number of unbranched alkanes of at least 4 members (excludes halogenated alkanes) is 1. The first kappa shape index (κ1) is 36.7. The molecule has 6 bridgehead atoms. The lowest BCUT2D eigenvalue weighted by Gasteiger charge is -2.39. The number of benzene rings is 1. The van der Waals surface area contributed by atoms with Gasteiger partial charge in [0.25, 0.3) is 12.3 Å². The molecule has 1 aromatic heterocycles. The van der Waals surface area contributed by atoms with Crippen molar-refractivity contribution in [2.45, 2.75) is 80.7 Å². The standard InChI is InChI=1S/C31H41F5IN5O3S/c1-20-39-29-23(9-4-3-7-18-46(44,45)19-43)30(40-20)41-28(37)22-10-8-11-24(26(22)32)31(35,36)21-13-16-42(17-14-21)25(27(33)34)12-5-2-6-15-38-29/h4,8-11,21,25,27-28,43H,2-3,5-7,12-19H2,1H3,(H2,38,39,40,41)/b9-4+/t25?,28-/m0/s1. The summed E-state index contributed by atoms with van der Waals surface area (Å²) >= 11 is 1.93. The average molecular weight is 786 g/mol. The Bertz CT molecular complexity index is 1460. The van der Waals surface area contributed by atoms with E-state index in [-0.39, 0.29) is 50.1 Å². The largest absolute Gasteiger partial charge is 0.380 e. The molecule has 8 nitrogen and oxygen atoms in total. The van der Waals surface area contributed by atoms with E-state index in [1.165, 1.54) is 12.1 Å². The zero-order valence-corrected chi connectivity index (χ0v) is 28.6. The lowest BCUT2D eigenvalue weighted by atomic mass is 9.85. The molecular formula is C31H41F5IN5O3S. The fourth-order valence-electron chi connectivity index (χ4n) is 6.02. The Hall–Kier alpha value is -2.11. The van der Waals surface area contributed by atoms with Gasteiger partial charge in [0.2, 0.25) is 0 Å². The van der Waals surface area contributed by atoms with Gasteiger partial charge in [-0.05, 0) is 58.5 Å². The molecule has 3 aliphatic heterocycles. The molecule has 1 saturated heterocycles. The molecule has 5 rings (SSSR count). The van der Waals surface area contributed by atoms with E-state index in [0.717, 1.165) is 6.07 Å². The van der Waals surface area contributed by atoms with Crippen LogP contribution in [0, 0.1) is 18.7 Å². The van der Waals surface area contributed by atoms with E-state index in [1.54, 1.807) is 24.0 Å². The molecule has 256 valence electrons. The Labute approximate surface area is 280 Å². The van der Waals surface area contributed by atoms with Crippen molar-refractivity contribution in [3.05, 3.63) is 52.6 Å². The summed E-state index contributed by atoms with van der Waals surface area (Å²) in [4.78, 5) is 10.7. The minimum absolute atomic E-state index is 0.0114. The first-order chi connectivity index (χ1) is 21.8. The number of aryl methyl sites for hydroxylation is 1. The van der Waals surface area contributed by atoms with Crippen molar-refractivity contribution < 1.29 is 35.5 Å². The summed E-state index contributed by atoms with van der Waals surface area (Å²) in [5.41, 5.74) is -0.195. The molecule has 1 unspecified atom stereocenters. The number of hydrogen-bond donors (Lipinski definition) is 3. The number of allylic oxidation sites excluding steroid dienone is 1. The number of rotatable bonds is 7. The Morgan fingerprint density at radius 2 is 1.85 bits per heavy atom. The molecule has 0 amide bonds. The van der Waals surface area contributed by atoms with Crippen LogP contribution < -0.4 is 10.6 Å². The van der Waals surface area contributed by atoms with Gasteiger partial charge in [-0.25, -0.2) is 40.3 Å². The van der Waals surface area contributed by atoms with Crippen molar-refractivity contribution in [3.8, 4) is 0 Å². The number of hydrogen-bond acceptors (Lipinski definition) is 8. The molecule has 1 aromatic carbocycles. The van der Waals surface area contributed by atoms with Gasteiger partial charge in [-0.1, -0.05) is 65.8 Å². The van der Waals surface area contributed by atoms with Crippen LogP contribution in [0.1, 0.15) is 77.9 Å². The summed E-state index contributed by atoms with van der Waals surface area (Å²) in [6.07, 6.45) is 3.61. The molecule has 4 heterocycles. The molecule has 0 saturated carbocycles. The molecule has 0 radical (unpaired) electrons. The number of halogens is 6. The number of nitrogens with zero attached hydrogens (tertiary/aromatic N) is 3. The van der Waals surface area contributed by atoms with E-state index < -0.39 is 55.5 Å². The van der Waals surface area contributed by atoms with Gasteiger partial charge in [0.15, 0.2) is 9.84 Å². The lowest BCUT2D eigenvalue weighted by Crippen LogP contribution is -2.47. The number of aromatic nitrogens is 2. The first-order valence-corrected chi connectivity index (χ1v) is 18.6. The topological polar surface area (TPSA) is 107 Å². The molecule has 46 heavy (non-hydrogen) atoms. The van der Waals surface area contributed by atoms with Gasteiger partial charge < -0.3 is 15.7 Å². The van der Waals surface area contributed by atoms with Crippen LogP contribution in [0.25, 0.3) is 6.08 Å². The van der Waals surface area contributed by atoms with Crippen molar-refractivity contribution in [1.29, 1.82) is 0 Å². The van der Waals surface area contributed by atoms with E-state index in [4.69, 9.17) is 5.11 Å². The second-order valence-electron chi connectivity index (χ2n) is 11.8. The second kappa shape index (κ2) is 16.3. The second-order valence-corrected chi connectivity index (χ2v) is 15.2. The fourth-order valence-corrected chi connectivity index (χ4v) is 7.53. The van der Waals surface area contributed by atoms with E-state index in [9.17, 15) is 17.2 Å². The zero-order valence-electron chi connectivity index (χ0n) is 25.7. The number of sulfone groups is 1. The van der Waals surface area contributed by atoms with Crippen LogP contribution in [0.4, 0.5) is 33.6 Å². The minimum atomic E-state index is -3.55. The maximum Gasteiger partial charge on any atom is 0.278 e. The summed E-state index contributed by atoms with van der Waals surface area (Å²) < 4.78 is 98.2. The number of aliphatic hydroxyl groups is 1. The van der Waals surface area contributed by atoms with Crippen molar-refractivity contribution in [1.82, 2.24) is 14.9 Å². The van der Waals surface area contributed by atoms with E-state index >= 15 is 13.2 Å². The number of alkyl halides is 5. The third kappa shape index (κ3) is 9.28. The van der Waals surface area contributed by atoms with Crippen LogP contribution in [0.5, 0.6) is 0 Å². The van der Waals surface area contributed by atoms with Crippen molar-refractivity contribution in [2.24, 2.45) is 5.92 Å². The van der Waals surface area contributed by atoms with Gasteiger partial charge >= 0.3 is 0 Å². The average Bonchev–Trinajstić information content (AvgIpc) is 3.00. The van der Waals surface area contributed by atoms with Crippen LogP contribution in [-0.2, 0) is 15.8 Å². The summed E-state index contributed by atoms with van der Waals surface area (Å²) in [6, 6.07) is 2.90. The molecule has 3 N–H and O–H groups in total. The van der Waals surface area contributed by atoms with Crippen LogP contribution in [0.15, 0.2) is 24.3 Å². The molecule has 1 fully saturated rings. The summed E-state index contributed by atoms with van der Waals surface area (Å²) in [7, 11) is -3.55. The van der Waals surface area contributed by atoms with Gasteiger partial charge in [-0.15, -0.1) is 0 Å². The smallest absolute Gasteiger partial charge is 0.278 e. The van der Waals surface area contributed by atoms with Crippen LogP contribution in [0.2, 0.25) is 0 Å². The maximum atomic E-state index is 15.9. The Morgan fingerprint density at radius 1 is 1.13 bits per heavy atom. The Kier molecular flexibility index (Phi) is 13.0. The van der Waals surface area contributed by atoms with Crippen LogP contribution >= 0.6 is 22.6 Å². The van der Waals surface area contributed by atoms with Crippen LogP contribution in [0.3, 0.4) is 0 Å². The highest BCUT2D eigenvalue weighted by molar-refractivity contribution is 14.1. The van der Waals surface area contributed by atoms with Gasteiger partial charge in [0.05, 0.1) is 22.9 Å². The fraction of sp³-hybridized carbons (Fsp3) is 0.613. The SMILES string of the molecule is Cc1nc2c(/C=C/CCCS(=O)(=O)CO)c(n1)N[C@H](I)c1cccc(c1F)C(F)(F)C1CCN(CC1)C(C(F)F)CCCCCN2. The quantitative estimate of drug-likeness (QED) is 0.0903. The Morgan fingerprint density at radius 3 is 2.54 bits per heavy atom. The number of anilines is 2. The van der Waals surface area contributed by atoms with Crippen molar-refractivity contribution in [2.75, 3.05) is 42.0 Å². The van der Waals surface area contributed by atoms with Crippen molar-refractivity contribution >= 4 is 50.1 Å². The molecular weight excluding hydrogens is 744 g/mol. The molecule has 2 aromatic rings. The lowest BCUT2D eigenvalue weighted by molar-refractivity contribution is -0.0975.